The molecule has 0 aromatic heterocycles. The van der Waals surface area contributed by atoms with E-state index in [4.69, 9.17) is 9.47 Å². The molecule has 1 heterocycles. The number of carbonyl (C=O) groups excluding carboxylic acids is 2. The lowest BCUT2D eigenvalue weighted by Gasteiger charge is -2.20. The number of aryl methyl sites for hydroxylation is 1. The Balaban J connectivity index is 1.72. The fourth-order valence-electron chi connectivity index (χ4n) is 3.19. The number of carbonyl (C=O) groups is 2. The van der Waals surface area contributed by atoms with E-state index in [1.807, 2.05) is 24.3 Å². The fraction of sp³-hybridized carbons (Fsp3) is 0.333. The zero-order valence-electron chi connectivity index (χ0n) is 15.8. The van der Waals surface area contributed by atoms with Crippen LogP contribution in [0.5, 0.6) is 11.5 Å². The van der Waals surface area contributed by atoms with E-state index in [0.29, 0.717) is 23.7 Å². The van der Waals surface area contributed by atoms with Gasteiger partial charge in [-0.05, 0) is 36.2 Å². The lowest BCUT2D eigenvalue weighted by atomic mass is 10.1. The van der Waals surface area contributed by atoms with Gasteiger partial charge >= 0.3 is 0 Å². The molecular weight excluding hydrogens is 344 g/mol. The van der Waals surface area contributed by atoms with Gasteiger partial charge in [-0.1, -0.05) is 19.1 Å². The van der Waals surface area contributed by atoms with Crippen molar-refractivity contribution < 1.29 is 19.1 Å². The van der Waals surface area contributed by atoms with E-state index < -0.39 is 5.92 Å². The molecule has 1 aliphatic heterocycles. The van der Waals surface area contributed by atoms with E-state index in [2.05, 4.69) is 12.2 Å². The van der Waals surface area contributed by atoms with Crippen molar-refractivity contribution in [2.75, 3.05) is 31.0 Å². The first-order chi connectivity index (χ1) is 13.0. The van der Waals surface area contributed by atoms with Gasteiger partial charge in [0, 0.05) is 24.7 Å². The standard InChI is InChI=1S/C21H24N2O4/c1-4-14-5-7-16(8-6-14)22-21(25)15-11-20(24)23(13-15)18-10-9-17(26-2)12-19(18)27-3/h5-10,12,15H,4,11,13H2,1-3H3,(H,22,25). The van der Waals surface area contributed by atoms with Gasteiger partial charge in [0.1, 0.15) is 11.5 Å². The van der Waals surface area contributed by atoms with Crippen LogP contribution in [0.3, 0.4) is 0 Å². The number of hydrogen-bond acceptors (Lipinski definition) is 4. The number of nitrogens with one attached hydrogen (secondary N) is 1. The third-order valence-corrected chi connectivity index (χ3v) is 4.80. The van der Waals surface area contributed by atoms with Gasteiger partial charge < -0.3 is 19.7 Å². The average Bonchev–Trinajstić information content (AvgIpc) is 3.09. The van der Waals surface area contributed by atoms with Crippen LogP contribution in [-0.2, 0) is 16.0 Å². The molecule has 27 heavy (non-hydrogen) atoms. The first-order valence-electron chi connectivity index (χ1n) is 8.98. The molecule has 2 aromatic carbocycles. The van der Waals surface area contributed by atoms with Crippen LogP contribution in [-0.4, -0.2) is 32.6 Å². The summed E-state index contributed by atoms with van der Waals surface area (Å²) in [5, 5.41) is 2.91. The Morgan fingerprint density at radius 3 is 2.52 bits per heavy atom. The molecule has 2 aromatic rings. The van der Waals surface area contributed by atoms with E-state index in [-0.39, 0.29) is 18.2 Å². The predicted octanol–water partition coefficient (Wildman–Crippen LogP) is 3.26. The van der Waals surface area contributed by atoms with Gasteiger partial charge in [0.25, 0.3) is 0 Å². The first kappa shape index (κ1) is 18.8. The molecule has 1 N–H and O–H groups in total. The second-order valence-electron chi connectivity index (χ2n) is 6.48. The molecule has 1 atom stereocenters. The van der Waals surface area contributed by atoms with E-state index in [1.54, 1.807) is 37.3 Å². The highest BCUT2D eigenvalue weighted by atomic mass is 16.5. The predicted molar refractivity (Wildman–Crippen MR) is 104 cm³/mol. The molecule has 1 saturated heterocycles. The normalized spacial score (nSPS) is 16.3. The minimum Gasteiger partial charge on any atom is -0.497 e. The molecule has 0 aliphatic carbocycles. The van der Waals surface area contributed by atoms with Gasteiger partial charge in [0.15, 0.2) is 0 Å². The van der Waals surface area contributed by atoms with E-state index in [1.165, 1.54) is 5.56 Å². The van der Waals surface area contributed by atoms with Gasteiger partial charge in [-0.15, -0.1) is 0 Å². The molecule has 6 nitrogen and oxygen atoms in total. The number of nitrogens with zero attached hydrogens (tertiary/aromatic N) is 1. The van der Waals surface area contributed by atoms with Gasteiger partial charge in [0.05, 0.1) is 25.8 Å². The van der Waals surface area contributed by atoms with Crippen LogP contribution in [0.25, 0.3) is 0 Å². The van der Waals surface area contributed by atoms with Gasteiger partial charge in [-0.25, -0.2) is 0 Å². The molecule has 142 valence electrons. The van der Waals surface area contributed by atoms with Gasteiger partial charge in [-0.2, -0.15) is 0 Å². The highest BCUT2D eigenvalue weighted by Gasteiger charge is 2.36. The fourth-order valence-corrected chi connectivity index (χ4v) is 3.19. The number of benzene rings is 2. The molecule has 0 bridgehead atoms. The topological polar surface area (TPSA) is 67.9 Å². The third-order valence-electron chi connectivity index (χ3n) is 4.80. The minimum atomic E-state index is -0.407. The molecule has 0 saturated carbocycles. The summed E-state index contributed by atoms with van der Waals surface area (Å²) in [5.74, 6) is 0.531. The Kier molecular flexibility index (Phi) is 5.64. The highest BCUT2D eigenvalue weighted by molar-refractivity contribution is 6.04. The monoisotopic (exact) mass is 368 g/mol. The highest BCUT2D eigenvalue weighted by Crippen LogP contribution is 2.36. The molecule has 3 rings (SSSR count). The quantitative estimate of drug-likeness (QED) is 0.850. The molecule has 1 aliphatic rings. The summed E-state index contributed by atoms with van der Waals surface area (Å²) in [6.07, 6.45) is 1.12. The van der Waals surface area contributed by atoms with Crippen LogP contribution in [0.2, 0.25) is 0 Å². The maximum atomic E-state index is 12.6. The van der Waals surface area contributed by atoms with Crippen molar-refractivity contribution in [1.82, 2.24) is 0 Å². The zero-order valence-corrected chi connectivity index (χ0v) is 15.8. The Morgan fingerprint density at radius 2 is 1.89 bits per heavy atom. The summed E-state index contributed by atoms with van der Waals surface area (Å²) >= 11 is 0. The molecular formula is C21H24N2O4. The van der Waals surface area contributed by atoms with Crippen LogP contribution in [0.15, 0.2) is 42.5 Å². The lowest BCUT2D eigenvalue weighted by Crippen LogP contribution is -2.28. The van der Waals surface area contributed by atoms with Crippen molar-refractivity contribution in [3.63, 3.8) is 0 Å². The number of amides is 2. The molecule has 0 spiro atoms. The zero-order chi connectivity index (χ0) is 19.4. The average molecular weight is 368 g/mol. The number of ether oxygens (including phenoxy) is 2. The van der Waals surface area contributed by atoms with Crippen LogP contribution in [0.1, 0.15) is 18.9 Å². The summed E-state index contributed by atoms with van der Waals surface area (Å²) in [5.41, 5.74) is 2.60. The molecule has 6 heteroatoms. The number of rotatable bonds is 6. The summed E-state index contributed by atoms with van der Waals surface area (Å²) in [4.78, 5) is 26.7. The van der Waals surface area contributed by atoms with Gasteiger partial charge in [0.2, 0.25) is 11.8 Å². The smallest absolute Gasteiger partial charge is 0.229 e. The second-order valence-corrected chi connectivity index (χ2v) is 6.48. The van der Waals surface area contributed by atoms with Crippen molar-refractivity contribution in [1.29, 1.82) is 0 Å². The summed E-state index contributed by atoms with van der Waals surface area (Å²) in [7, 11) is 3.12. The van der Waals surface area contributed by atoms with Crippen LogP contribution < -0.4 is 19.7 Å². The van der Waals surface area contributed by atoms with Crippen LogP contribution >= 0.6 is 0 Å². The SMILES string of the molecule is CCc1ccc(NC(=O)C2CC(=O)N(c3ccc(OC)cc3OC)C2)cc1. The molecule has 1 unspecified atom stereocenters. The first-order valence-corrected chi connectivity index (χ1v) is 8.98. The Hall–Kier alpha value is -3.02. The van der Waals surface area contributed by atoms with Crippen molar-refractivity contribution in [2.45, 2.75) is 19.8 Å². The maximum absolute atomic E-state index is 12.6. The largest absolute Gasteiger partial charge is 0.497 e. The molecule has 0 radical (unpaired) electrons. The van der Waals surface area contributed by atoms with Crippen molar-refractivity contribution >= 4 is 23.2 Å². The Bertz CT molecular complexity index is 833. The van der Waals surface area contributed by atoms with Crippen molar-refractivity contribution in [3.8, 4) is 11.5 Å². The van der Waals surface area contributed by atoms with Crippen molar-refractivity contribution in [2.24, 2.45) is 5.92 Å². The van der Waals surface area contributed by atoms with Crippen molar-refractivity contribution in [3.05, 3.63) is 48.0 Å². The number of methoxy groups -OCH3 is 2. The number of anilines is 2. The van der Waals surface area contributed by atoms with Crippen LogP contribution in [0, 0.1) is 5.92 Å². The van der Waals surface area contributed by atoms with Crippen LogP contribution in [0.4, 0.5) is 11.4 Å². The molecule has 1 fully saturated rings. The van der Waals surface area contributed by atoms with E-state index >= 15 is 0 Å². The Morgan fingerprint density at radius 1 is 1.15 bits per heavy atom. The van der Waals surface area contributed by atoms with E-state index in [9.17, 15) is 9.59 Å². The summed E-state index contributed by atoms with van der Waals surface area (Å²) in [6.45, 7) is 2.40. The minimum absolute atomic E-state index is 0.0973. The Labute approximate surface area is 159 Å². The molecule has 2 amide bonds. The van der Waals surface area contributed by atoms with E-state index in [0.717, 1.165) is 12.1 Å². The third kappa shape index (κ3) is 4.05. The number of hydrogen-bond donors (Lipinski definition) is 1. The second kappa shape index (κ2) is 8.12. The lowest BCUT2D eigenvalue weighted by molar-refractivity contribution is -0.122. The summed E-state index contributed by atoms with van der Waals surface area (Å²) < 4.78 is 10.6. The van der Waals surface area contributed by atoms with Gasteiger partial charge in [-0.3, -0.25) is 9.59 Å². The summed E-state index contributed by atoms with van der Waals surface area (Å²) in [6, 6.07) is 13.0. The maximum Gasteiger partial charge on any atom is 0.229 e.